The molecular formula is C14H20N4O. The minimum absolute atomic E-state index is 0.0117. The van der Waals surface area contributed by atoms with Crippen LogP contribution in [0.25, 0.3) is 0 Å². The predicted molar refractivity (Wildman–Crippen MR) is 74.2 cm³/mol. The summed E-state index contributed by atoms with van der Waals surface area (Å²) < 4.78 is 0. The van der Waals surface area contributed by atoms with E-state index < -0.39 is 0 Å². The summed E-state index contributed by atoms with van der Waals surface area (Å²) >= 11 is 0. The molecule has 0 aromatic carbocycles. The van der Waals surface area contributed by atoms with E-state index in [1.54, 1.807) is 25.4 Å². The number of piperidine rings is 3. The van der Waals surface area contributed by atoms with Crippen molar-refractivity contribution in [2.75, 3.05) is 32.0 Å². The van der Waals surface area contributed by atoms with E-state index in [-0.39, 0.29) is 5.91 Å². The molecule has 5 nitrogen and oxygen atoms in total. The molecule has 0 spiro atoms. The summed E-state index contributed by atoms with van der Waals surface area (Å²) in [5, 5.41) is 6.14. The molecule has 102 valence electrons. The van der Waals surface area contributed by atoms with Gasteiger partial charge >= 0.3 is 0 Å². The zero-order valence-electron chi connectivity index (χ0n) is 11.2. The minimum Gasteiger partial charge on any atom is -0.373 e. The molecule has 5 heteroatoms. The van der Waals surface area contributed by atoms with Crippen molar-refractivity contribution >= 4 is 11.7 Å². The van der Waals surface area contributed by atoms with E-state index in [1.165, 1.54) is 25.9 Å². The second kappa shape index (κ2) is 5.17. The molecule has 1 aromatic heterocycles. The van der Waals surface area contributed by atoms with Gasteiger partial charge in [-0.15, -0.1) is 0 Å². The Morgan fingerprint density at radius 1 is 1.42 bits per heavy atom. The van der Waals surface area contributed by atoms with E-state index >= 15 is 0 Å². The molecule has 0 aliphatic carbocycles. The molecule has 1 aromatic rings. The van der Waals surface area contributed by atoms with Crippen molar-refractivity contribution in [3.05, 3.63) is 23.9 Å². The van der Waals surface area contributed by atoms with Gasteiger partial charge in [-0.05, 0) is 44.0 Å². The number of fused-ring (bicyclic) bond motifs is 3. The van der Waals surface area contributed by atoms with Crippen LogP contribution in [0.4, 0.5) is 5.82 Å². The van der Waals surface area contributed by atoms with E-state index in [2.05, 4.69) is 20.5 Å². The maximum Gasteiger partial charge on any atom is 0.251 e. The van der Waals surface area contributed by atoms with Crippen LogP contribution in [0.15, 0.2) is 18.3 Å². The predicted octanol–water partition coefficient (Wildman–Crippen LogP) is 0.947. The lowest BCUT2D eigenvalue weighted by Gasteiger charge is -2.44. The molecule has 2 bridgehead atoms. The van der Waals surface area contributed by atoms with Gasteiger partial charge in [-0.1, -0.05) is 0 Å². The second-order valence-corrected chi connectivity index (χ2v) is 5.40. The van der Waals surface area contributed by atoms with Crippen LogP contribution in [0, 0.1) is 5.92 Å². The lowest BCUT2D eigenvalue weighted by molar-refractivity contribution is 0.0620. The highest BCUT2D eigenvalue weighted by molar-refractivity contribution is 5.95. The molecule has 4 heterocycles. The largest absolute Gasteiger partial charge is 0.373 e. The molecule has 1 amide bonds. The van der Waals surface area contributed by atoms with Crippen molar-refractivity contribution in [3.8, 4) is 0 Å². The maximum atomic E-state index is 12.3. The van der Waals surface area contributed by atoms with Gasteiger partial charge in [0.1, 0.15) is 5.82 Å². The van der Waals surface area contributed by atoms with Crippen molar-refractivity contribution in [2.24, 2.45) is 5.92 Å². The number of carbonyl (C=O) groups is 1. The van der Waals surface area contributed by atoms with Gasteiger partial charge in [0.2, 0.25) is 0 Å². The Kier molecular flexibility index (Phi) is 3.38. The standard InChI is InChI=1S/C14H20N4O/c1-15-13-8-11(2-5-16-13)14(19)17-12-9-18-6-3-10(12)4-7-18/h2,5,8,10,12H,3-4,6-7,9H2,1H3,(H,15,16)(H,17,19). The molecule has 3 aliphatic heterocycles. The number of aromatic nitrogens is 1. The third kappa shape index (κ3) is 2.56. The Balaban J connectivity index is 1.67. The molecular weight excluding hydrogens is 240 g/mol. The van der Waals surface area contributed by atoms with Crippen LogP contribution in [-0.2, 0) is 0 Å². The molecule has 19 heavy (non-hydrogen) atoms. The molecule has 0 radical (unpaired) electrons. The van der Waals surface area contributed by atoms with Gasteiger partial charge in [0, 0.05) is 31.4 Å². The van der Waals surface area contributed by atoms with Crippen LogP contribution in [-0.4, -0.2) is 48.5 Å². The molecule has 4 rings (SSSR count). The van der Waals surface area contributed by atoms with Crippen molar-refractivity contribution in [1.29, 1.82) is 0 Å². The Hall–Kier alpha value is -1.62. The summed E-state index contributed by atoms with van der Waals surface area (Å²) in [5.41, 5.74) is 0.677. The first-order chi connectivity index (χ1) is 9.26. The molecule has 0 saturated carbocycles. The third-order valence-electron chi connectivity index (χ3n) is 4.25. The number of anilines is 1. The van der Waals surface area contributed by atoms with Crippen molar-refractivity contribution in [1.82, 2.24) is 15.2 Å². The maximum absolute atomic E-state index is 12.3. The van der Waals surface area contributed by atoms with Crippen molar-refractivity contribution < 1.29 is 4.79 Å². The average Bonchev–Trinajstić information content (AvgIpc) is 2.48. The number of carbonyl (C=O) groups excluding carboxylic acids is 1. The molecule has 3 aliphatic rings. The van der Waals surface area contributed by atoms with Gasteiger partial charge in [-0.25, -0.2) is 4.98 Å². The average molecular weight is 260 g/mol. The number of hydrogen-bond donors (Lipinski definition) is 2. The number of hydrogen-bond acceptors (Lipinski definition) is 4. The van der Waals surface area contributed by atoms with E-state index in [9.17, 15) is 4.79 Å². The number of rotatable bonds is 3. The van der Waals surface area contributed by atoms with Crippen LogP contribution in [0.2, 0.25) is 0 Å². The zero-order valence-corrected chi connectivity index (χ0v) is 11.2. The third-order valence-corrected chi connectivity index (χ3v) is 4.25. The van der Waals surface area contributed by atoms with Crippen LogP contribution in [0.3, 0.4) is 0 Å². The van der Waals surface area contributed by atoms with Crippen LogP contribution in [0.1, 0.15) is 23.2 Å². The summed E-state index contributed by atoms with van der Waals surface area (Å²) in [4.78, 5) is 18.8. The molecule has 1 atom stereocenters. The summed E-state index contributed by atoms with van der Waals surface area (Å²) in [6, 6.07) is 3.86. The first kappa shape index (κ1) is 12.4. The lowest BCUT2D eigenvalue weighted by Crippen LogP contribution is -2.57. The summed E-state index contributed by atoms with van der Waals surface area (Å²) in [6.45, 7) is 3.38. The van der Waals surface area contributed by atoms with Crippen LogP contribution >= 0.6 is 0 Å². The summed E-state index contributed by atoms with van der Waals surface area (Å²) in [7, 11) is 1.80. The monoisotopic (exact) mass is 260 g/mol. The minimum atomic E-state index is 0.0117. The summed E-state index contributed by atoms with van der Waals surface area (Å²) in [6.07, 6.45) is 4.09. The Morgan fingerprint density at radius 2 is 2.21 bits per heavy atom. The van der Waals surface area contributed by atoms with Gasteiger partial charge in [0.05, 0.1) is 0 Å². The normalized spacial score (nSPS) is 29.0. The SMILES string of the molecule is CNc1cc(C(=O)NC2CN3CCC2CC3)ccn1. The Bertz CT molecular complexity index is 468. The molecule has 3 saturated heterocycles. The van der Waals surface area contributed by atoms with E-state index in [4.69, 9.17) is 0 Å². The van der Waals surface area contributed by atoms with Gasteiger partial charge < -0.3 is 15.5 Å². The molecule has 3 fully saturated rings. The lowest BCUT2D eigenvalue weighted by atomic mass is 9.84. The fourth-order valence-electron chi connectivity index (χ4n) is 3.09. The molecule has 1 unspecified atom stereocenters. The van der Waals surface area contributed by atoms with Crippen molar-refractivity contribution in [2.45, 2.75) is 18.9 Å². The smallest absolute Gasteiger partial charge is 0.251 e. The highest BCUT2D eigenvalue weighted by atomic mass is 16.1. The van der Waals surface area contributed by atoms with Gasteiger partial charge in [0.15, 0.2) is 0 Å². The van der Waals surface area contributed by atoms with Crippen LogP contribution in [0.5, 0.6) is 0 Å². The zero-order chi connectivity index (χ0) is 13.2. The number of nitrogens with one attached hydrogen (secondary N) is 2. The number of nitrogens with zero attached hydrogens (tertiary/aromatic N) is 2. The highest BCUT2D eigenvalue weighted by Gasteiger charge is 2.34. The van der Waals surface area contributed by atoms with Crippen molar-refractivity contribution in [3.63, 3.8) is 0 Å². The van der Waals surface area contributed by atoms with Gasteiger partial charge in [-0.3, -0.25) is 4.79 Å². The Labute approximate surface area is 113 Å². The Morgan fingerprint density at radius 3 is 2.84 bits per heavy atom. The highest BCUT2D eigenvalue weighted by Crippen LogP contribution is 2.27. The quantitative estimate of drug-likeness (QED) is 0.849. The van der Waals surface area contributed by atoms with Gasteiger partial charge in [0.25, 0.3) is 5.91 Å². The van der Waals surface area contributed by atoms with E-state index in [0.29, 0.717) is 17.5 Å². The van der Waals surface area contributed by atoms with E-state index in [0.717, 1.165) is 12.4 Å². The fourth-order valence-corrected chi connectivity index (χ4v) is 3.09. The fraction of sp³-hybridized carbons (Fsp3) is 0.571. The van der Waals surface area contributed by atoms with Crippen LogP contribution < -0.4 is 10.6 Å². The summed E-state index contributed by atoms with van der Waals surface area (Å²) in [5.74, 6) is 1.39. The number of pyridine rings is 1. The van der Waals surface area contributed by atoms with Gasteiger partial charge in [-0.2, -0.15) is 0 Å². The first-order valence-corrected chi connectivity index (χ1v) is 6.93. The van der Waals surface area contributed by atoms with E-state index in [1.807, 2.05) is 0 Å². The molecule has 2 N–H and O–H groups in total. The first-order valence-electron chi connectivity index (χ1n) is 6.93. The number of amides is 1. The topological polar surface area (TPSA) is 57.3 Å². The second-order valence-electron chi connectivity index (χ2n) is 5.40.